The van der Waals surface area contributed by atoms with Gasteiger partial charge in [0, 0.05) is 6.08 Å². The predicted molar refractivity (Wildman–Crippen MR) is 103 cm³/mol. The lowest BCUT2D eigenvalue weighted by molar-refractivity contribution is -0.117. The Morgan fingerprint density at radius 3 is 2.58 bits per heavy atom. The molecule has 0 aliphatic heterocycles. The van der Waals surface area contributed by atoms with Crippen LogP contribution in [-0.2, 0) is 4.79 Å². The van der Waals surface area contributed by atoms with Gasteiger partial charge >= 0.3 is 0 Å². The third-order valence-corrected chi connectivity index (χ3v) is 3.86. The summed E-state index contributed by atoms with van der Waals surface area (Å²) >= 11 is 6.29. The van der Waals surface area contributed by atoms with Crippen molar-refractivity contribution in [2.75, 3.05) is 7.11 Å². The number of furan rings is 1. The molecule has 1 amide bonds. The summed E-state index contributed by atoms with van der Waals surface area (Å²) in [6, 6.07) is 6.99. The second-order valence-corrected chi connectivity index (χ2v) is 6.62. The fourth-order valence-corrected chi connectivity index (χ4v) is 2.64. The lowest BCUT2D eigenvalue weighted by Crippen LogP contribution is -2.24. The van der Waals surface area contributed by atoms with Gasteiger partial charge in [-0.25, -0.2) is 0 Å². The van der Waals surface area contributed by atoms with E-state index in [0.717, 1.165) is 11.3 Å². The summed E-state index contributed by atoms with van der Waals surface area (Å²) in [5.74, 6) is 2.30. The lowest BCUT2D eigenvalue weighted by Gasteiger charge is -2.15. The van der Waals surface area contributed by atoms with Gasteiger partial charge < -0.3 is 19.2 Å². The van der Waals surface area contributed by atoms with E-state index in [9.17, 15) is 4.79 Å². The molecule has 2 rings (SSSR count). The Labute approximate surface area is 158 Å². The minimum atomic E-state index is -0.232. The standard InChI is InChI=1S/C20H24ClNO4/c1-12(2)25-20-16(21)10-15(11-18(20)24-5)7-9-19(23)22-14(4)17-8-6-13(3)26-17/h6-12,14H,1-5H3,(H,22,23)/b9-7+. The predicted octanol–water partition coefficient (Wildman–Crippen LogP) is 4.93. The number of hydrogen-bond donors (Lipinski definition) is 1. The van der Waals surface area contributed by atoms with Crippen molar-refractivity contribution in [3.05, 3.63) is 52.4 Å². The first-order valence-electron chi connectivity index (χ1n) is 8.39. The largest absolute Gasteiger partial charge is 0.493 e. The molecule has 1 heterocycles. The van der Waals surface area contributed by atoms with Gasteiger partial charge in [0.25, 0.3) is 0 Å². The van der Waals surface area contributed by atoms with Gasteiger partial charge in [-0.1, -0.05) is 11.6 Å². The first-order chi connectivity index (χ1) is 12.3. The number of carbonyl (C=O) groups is 1. The number of aryl methyl sites for hydroxylation is 1. The molecule has 26 heavy (non-hydrogen) atoms. The first kappa shape index (κ1) is 19.9. The topological polar surface area (TPSA) is 60.7 Å². The van der Waals surface area contributed by atoms with Crippen LogP contribution in [0.1, 0.15) is 43.9 Å². The van der Waals surface area contributed by atoms with E-state index in [2.05, 4.69) is 5.32 Å². The van der Waals surface area contributed by atoms with Gasteiger partial charge in [-0.15, -0.1) is 0 Å². The Hall–Kier alpha value is -2.40. The van der Waals surface area contributed by atoms with Gasteiger partial charge in [-0.2, -0.15) is 0 Å². The van der Waals surface area contributed by atoms with Crippen molar-refractivity contribution in [3.63, 3.8) is 0 Å². The van der Waals surface area contributed by atoms with Gasteiger partial charge in [0.15, 0.2) is 11.5 Å². The Kier molecular flexibility index (Phi) is 6.75. The molecule has 0 aliphatic carbocycles. The van der Waals surface area contributed by atoms with Crippen LogP contribution in [0.15, 0.2) is 34.8 Å². The molecule has 0 bridgehead atoms. The van der Waals surface area contributed by atoms with Crippen LogP contribution in [0.5, 0.6) is 11.5 Å². The number of hydrogen-bond acceptors (Lipinski definition) is 4. The van der Waals surface area contributed by atoms with Crippen molar-refractivity contribution >= 4 is 23.6 Å². The van der Waals surface area contributed by atoms with Crippen molar-refractivity contribution in [1.82, 2.24) is 5.32 Å². The number of carbonyl (C=O) groups excluding carboxylic acids is 1. The molecule has 5 nitrogen and oxygen atoms in total. The maximum absolute atomic E-state index is 12.1. The van der Waals surface area contributed by atoms with Gasteiger partial charge in [-0.3, -0.25) is 4.79 Å². The SMILES string of the molecule is COc1cc(/C=C/C(=O)NC(C)c2ccc(C)o2)cc(Cl)c1OC(C)C. The normalized spacial score (nSPS) is 12.4. The van der Waals surface area contributed by atoms with Crippen LogP contribution in [0.4, 0.5) is 0 Å². The van der Waals surface area contributed by atoms with E-state index >= 15 is 0 Å². The minimum absolute atomic E-state index is 0.0275. The lowest BCUT2D eigenvalue weighted by atomic mass is 10.1. The summed E-state index contributed by atoms with van der Waals surface area (Å²) in [5, 5.41) is 3.28. The molecule has 140 valence electrons. The summed E-state index contributed by atoms with van der Waals surface area (Å²) < 4.78 is 16.5. The zero-order chi connectivity index (χ0) is 19.3. The van der Waals surface area contributed by atoms with Crippen LogP contribution in [0.3, 0.4) is 0 Å². The average molecular weight is 378 g/mol. The van der Waals surface area contributed by atoms with Crippen molar-refractivity contribution in [2.45, 2.75) is 39.8 Å². The fourth-order valence-electron chi connectivity index (χ4n) is 2.38. The third kappa shape index (κ3) is 5.30. The van der Waals surface area contributed by atoms with Crippen LogP contribution < -0.4 is 14.8 Å². The molecule has 0 spiro atoms. The van der Waals surface area contributed by atoms with E-state index < -0.39 is 0 Å². The average Bonchev–Trinajstić information content (AvgIpc) is 3.01. The molecule has 6 heteroatoms. The van der Waals surface area contributed by atoms with Gasteiger partial charge in [-0.05, 0) is 63.6 Å². The molecule has 0 fully saturated rings. The highest BCUT2D eigenvalue weighted by Gasteiger charge is 2.14. The van der Waals surface area contributed by atoms with Crippen LogP contribution >= 0.6 is 11.6 Å². The number of rotatable bonds is 7. The smallest absolute Gasteiger partial charge is 0.244 e. The second kappa shape index (κ2) is 8.81. The Balaban J connectivity index is 2.09. The highest BCUT2D eigenvalue weighted by molar-refractivity contribution is 6.32. The van der Waals surface area contributed by atoms with Crippen LogP contribution in [0.25, 0.3) is 6.08 Å². The molecule has 0 saturated heterocycles. The summed E-state index contributed by atoms with van der Waals surface area (Å²) in [6.45, 7) is 7.55. The van der Waals surface area contributed by atoms with Crippen molar-refractivity contribution in [2.24, 2.45) is 0 Å². The van der Waals surface area contributed by atoms with E-state index in [1.165, 1.54) is 6.08 Å². The minimum Gasteiger partial charge on any atom is -0.493 e. The van der Waals surface area contributed by atoms with Crippen molar-refractivity contribution in [3.8, 4) is 11.5 Å². The molecule has 1 unspecified atom stereocenters. The number of amides is 1. The molecular formula is C20H24ClNO4. The van der Waals surface area contributed by atoms with Gasteiger partial charge in [0.05, 0.1) is 24.3 Å². The maximum atomic E-state index is 12.1. The Bertz CT molecular complexity index is 795. The second-order valence-electron chi connectivity index (χ2n) is 6.21. The molecule has 2 aromatic rings. The quantitative estimate of drug-likeness (QED) is 0.695. The van der Waals surface area contributed by atoms with E-state index in [1.807, 2.05) is 39.8 Å². The Morgan fingerprint density at radius 1 is 1.27 bits per heavy atom. The number of halogens is 1. The van der Waals surface area contributed by atoms with E-state index in [1.54, 1.807) is 25.3 Å². The zero-order valence-corrected chi connectivity index (χ0v) is 16.4. The first-order valence-corrected chi connectivity index (χ1v) is 8.77. The monoisotopic (exact) mass is 377 g/mol. The molecular weight excluding hydrogens is 354 g/mol. The highest BCUT2D eigenvalue weighted by atomic mass is 35.5. The number of benzene rings is 1. The number of methoxy groups -OCH3 is 1. The van der Waals surface area contributed by atoms with Crippen LogP contribution in [0, 0.1) is 6.92 Å². The molecule has 1 N–H and O–H groups in total. The highest BCUT2D eigenvalue weighted by Crippen LogP contribution is 2.37. The Morgan fingerprint density at radius 2 is 2.00 bits per heavy atom. The molecule has 0 saturated carbocycles. The number of nitrogens with one attached hydrogen (secondary N) is 1. The molecule has 0 radical (unpaired) electrons. The van der Waals surface area contributed by atoms with Gasteiger partial charge in [0.1, 0.15) is 11.5 Å². The number of ether oxygens (including phenoxy) is 2. The maximum Gasteiger partial charge on any atom is 0.244 e. The molecule has 1 aromatic heterocycles. The van der Waals surface area contributed by atoms with Crippen molar-refractivity contribution in [1.29, 1.82) is 0 Å². The zero-order valence-electron chi connectivity index (χ0n) is 15.6. The van der Waals surface area contributed by atoms with Crippen LogP contribution in [-0.4, -0.2) is 19.1 Å². The fraction of sp³-hybridized carbons (Fsp3) is 0.350. The summed E-state index contributed by atoms with van der Waals surface area (Å²) in [4.78, 5) is 12.1. The van der Waals surface area contributed by atoms with E-state index in [0.29, 0.717) is 22.3 Å². The third-order valence-electron chi connectivity index (χ3n) is 3.58. The summed E-state index contributed by atoms with van der Waals surface area (Å²) in [5.41, 5.74) is 0.736. The van der Waals surface area contributed by atoms with Crippen molar-refractivity contribution < 1.29 is 18.7 Å². The summed E-state index contributed by atoms with van der Waals surface area (Å²) in [6.07, 6.45) is 3.09. The van der Waals surface area contributed by atoms with Gasteiger partial charge in [0.2, 0.25) is 5.91 Å². The van der Waals surface area contributed by atoms with Crippen LogP contribution in [0.2, 0.25) is 5.02 Å². The van der Waals surface area contributed by atoms with E-state index in [4.69, 9.17) is 25.5 Å². The summed E-state index contributed by atoms with van der Waals surface area (Å²) in [7, 11) is 1.55. The molecule has 0 aliphatic rings. The van der Waals surface area contributed by atoms with E-state index in [-0.39, 0.29) is 18.1 Å². The molecule has 1 aromatic carbocycles. The molecule has 1 atom stereocenters.